The molecule has 0 radical (unpaired) electrons. The van der Waals surface area contributed by atoms with Gasteiger partial charge in [-0.1, -0.05) is 11.6 Å². The van der Waals surface area contributed by atoms with Crippen molar-refractivity contribution in [3.63, 3.8) is 0 Å². The molecule has 2 rings (SSSR count). The molecule has 0 spiro atoms. The van der Waals surface area contributed by atoms with Gasteiger partial charge in [-0.3, -0.25) is 0 Å². The van der Waals surface area contributed by atoms with Crippen molar-refractivity contribution in [2.24, 2.45) is 0 Å². The quantitative estimate of drug-likeness (QED) is 0.866. The Kier molecular flexibility index (Phi) is 3.94. The van der Waals surface area contributed by atoms with E-state index in [-0.39, 0.29) is 5.15 Å². The second kappa shape index (κ2) is 5.45. The van der Waals surface area contributed by atoms with Gasteiger partial charge >= 0.3 is 0 Å². The molecule has 0 saturated heterocycles. The van der Waals surface area contributed by atoms with E-state index in [4.69, 9.17) is 16.9 Å². The highest BCUT2D eigenvalue weighted by Crippen LogP contribution is 2.30. The first-order chi connectivity index (χ1) is 8.22. The van der Waals surface area contributed by atoms with Gasteiger partial charge in [-0.05, 0) is 11.5 Å². The number of aromatic nitrogens is 2. The number of hydrogen-bond donors (Lipinski definition) is 0. The van der Waals surface area contributed by atoms with Crippen LogP contribution in [0.3, 0.4) is 0 Å². The summed E-state index contributed by atoms with van der Waals surface area (Å²) in [6.07, 6.45) is 2.65. The van der Waals surface area contributed by atoms with Crippen molar-refractivity contribution in [1.82, 2.24) is 9.36 Å². The monoisotopic (exact) mass is 284 g/mol. The van der Waals surface area contributed by atoms with Crippen molar-refractivity contribution in [2.45, 2.75) is 6.42 Å². The van der Waals surface area contributed by atoms with Crippen LogP contribution in [0, 0.1) is 11.3 Å². The van der Waals surface area contributed by atoms with Crippen LogP contribution in [-0.4, -0.2) is 22.9 Å². The van der Waals surface area contributed by atoms with Crippen molar-refractivity contribution in [1.29, 1.82) is 5.26 Å². The third-order valence-corrected chi connectivity index (χ3v) is 4.41. The number of anilines is 1. The molecule has 4 nitrogen and oxygen atoms in total. The Bertz CT molecular complexity index is 529. The van der Waals surface area contributed by atoms with E-state index in [1.54, 1.807) is 17.5 Å². The molecule has 0 amide bonds. The van der Waals surface area contributed by atoms with Crippen LogP contribution in [0.2, 0.25) is 5.15 Å². The van der Waals surface area contributed by atoms with Crippen LogP contribution >= 0.6 is 34.5 Å². The number of hydrogen-bond acceptors (Lipinski definition) is 6. The molecule has 0 fully saturated rings. The van der Waals surface area contributed by atoms with Crippen molar-refractivity contribution in [3.05, 3.63) is 27.3 Å². The van der Waals surface area contributed by atoms with E-state index >= 15 is 0 Å². The Morgan fingerprint density at radius 2 is 2.41 bits per heavy atom. The van der Waals surface area contributed by atoms with Crippen LogP contribution in [0.5, 0.6) is 0 Å². The van der Waals surface area contributed by atoms with Gasteiger partial charge in [0, 0.05) is 31.6 Å². The molecular weight excluding hydrogens is 276 g/mol. The van der Waals surface area contributed by atoms with E-state index in [0.717, 1.165) is 23.0 Å². The second-order valence-corrected chi connectivity index (χ2v) is 5.45. The van der Waals surface area contributed by atoms with Crippen LogP contribution in [0.4, 0.5) is 5.00 Å². The van der Waals surface area contributed by atoms with E-state index in [1.807, 2.05) is 17.3 Å². The van der Waals surface area contributed by atoms with Crippen molar-refractivity contribution in [3.8, 4) is 6.07 Å². The van der Waals surface area contributed by atoms with Gasteiger partial charge in [0.25, 0.3) is 0 Å². The molecule has 0 aliphatic rings. The van der Waals surface area contributed by atoms with Gasteiger partial charge in [0.1, 0.15) is 16.6 Å². The maximum atomic E-state index is 8.98. The first-order valence-corrected chi connectivity index (χ1v) is 6.90. The number of halogens is 1. The minimum atomic E-state index is 0.286. The highest BCUT2D eigenvalue weighted by molar-refractivity contribution is 7.11. The molecular formula is C10H9ClN4S2. The van der Waals surface area contributed by atoms with E-state index in [9.17, 15) is 0 Å². The van der Waals surface area contributed by atoms with E-state index in [0.29, 0.717) is 5.56 Å². The zero-order valence-electron chi connectivity index (χ0n) is 9.05. The van der Waals surface area contributed by atoms with E-state index < -0.39 is 0 Å². The highest BCUT2D eigenvalue weighted by Gasteiger charge is 2.15. The van der Waals surface area contributed by atoms with E-state index in [1.165, 1.54) is 11.5 Å². The largest absolute Gasteiger partial charge is 0.364 e. The van der Waals surface area contributed by atoms with Crippen LogP contribution in [0.1, 0.15) is 10.6 Å². The van der Waals surface area contributed by atoms with Crippen molar-refractivity contribution >= 4 is 39.5 Å². The Morgan fingerprint density at radius 1 is 1.59 bits per heavy atom. The fraction of sp³-hybridized carbons (Fsp3) is 0.300. The lowest BCUT2D eigenvalue weighted by atomic mass is 10.3. The van der Waals surface area contributed by atoms with Crippen molar-refractivity contribution in [2.75, 3.05) is 18.5 Å². The first kappa shape index (κ1) is 12.3. The van der Waals surface area contributed by atoms with Gasteiger partial charge in [0.2, 0.25) is 0 Å². The summed E-state index contributed by atoms with van der Waals surface area (Å²) < 4.78 is 3.98. The number of nitriles is 1. The zero-order valence-corrected chi connectivity index (χ0v) is 11.4. The third-order valence-electron chi connectivity index (χ3n) is 2.24. The Morgan fingerprint density at radius 3 is 3.06 bits per heavy atom. The molecule has 0 aliphatic carbocycles. The van der Waals surface area contributed by atoms with Crippen LogP contribution in [-0.2, 0) is 6.42 Å². The van der Waals surface area contributed by atoms with Gasteiger partial charge in [0.15, 0.2) is 5.15 Å². The van der Waals surface area contributed by atoms with Crippen LogP contribution < -0.4 is 4.90 Å². The summed E-state index contributed by atoms with van der Waals surface area (Å²) >= 11 is 8.71. The maximum Gasteiger partial charge on any atom is 0.162 e. The molecule has 88 valence electrons. The van der Waals surface area contributed by atoms with Crippen LogP contribution in [0.15, 0.2) is 11.6 Å². The molecule has 7 heteroatoms. The summed E-state index contributed by atoms with van der Waals surface area (Å²) in [7, 11) is 1.93. The SMILES string of the molecule is CN(CCc1nccs1)c1snc(Cl)c1C#N. The number of rotatable bonds is 4. The summed E-state index contributed by atoms with van der Waals surface area (Å²) in [4.78, 5) is 6.21. The average molecular weight is 285 g/mol. The molecule has 0 atom stereocenters. The average Bonchev–Trinajstić information content (AvgIpc) is 2.94. The fourth-order valence-electron chi connectivity index (χ4n) is 1.36. The molecule has 2 aromatic rings. The molecule has 2 aromatic heterocycles. The van der Waals surface area contributed by atoms with E-state index in [2.05, 4.69) is 15.4 Å². The molecule has 0 bridgehead atoms. The highest BCUT2D eigenvalue weighted by atomic mass is 35.5. The van der Waals surface area contributed by atoms with Crippen molar-refractivity contribution < 1.29 is 0 Å². The van der Waals surface area contributed by atoms with Gasteiger partial charge in [-0.25, -0.2) is 4.98 Å². The summed E-state index contributed by atoms with van der Waals surface area (Å²) in [6, 6.07) is 2.08. The molecule has 0 unspecified atom stereocenters. The predicted molar refractivity (Wildman–Crippen MR) is 70.9 cm³/mol. The molecule has 0 N–H and O–H groups in total. The Hall–Kier alpha value is -1.16. The predicted octanol–water partition coefficient (Wildman–Crippen LogP) is 2.80. The molecule has 2 heterocycles. The minimum absolute atomic E-state index is 0.286. The Labute approximate surface area is 112 Å². The van der Waals surface area contributed by atoms with Gasteiger partial charge in [0.05, 0.1) is 5.01 Å². The number of likely N-dealkylation sites (N-methyl/N-ethyl adjacent to an activating group) is 1. The Balaban J connectivity index is 2.05. The first-order valence-electron chi connectivity index (χ1n) is 4.87. The lowest BCUT2D eigenvalue weighted by Gasteiger charge is -2.15. The summed E-state index contributed by atoms with van der Waals surface area (Å²) in [5.41, 5.74) is 0.457. The summed E-state index contributed by atoms with van der Waals surface area (Å²) in [6.45, 7) is 0.792. The fourth-order valence-corrected chi connectivity index (χ4v) is 2.98. The molecule has 0 aromatic carbocycles. The van der Waals surface area contributed by atoms with Gasteiger partial charge in [-0.2, -0.15) is 9.64 Å². The second-order valence-electron chi connectivity index (χ2n) is 3.36. The lowest BCUT2D eigenvalue weighted by molar-refractivity contribution is 0.876. The standard InChI is InChI=1S/C10H9ClN4S2/c1-15(4-2-8-13-3-5-16-8)10-7(6-12)9(11)14-17-10/h3,5H,2,4H2,1H3. The molecule has 17 heavy (non-hydrogen) atoms. The van der Waals surface area contributed by atoms with Gasteiger partial charge in [-0.15, -0.1) is 11.3 Å². The zero-order chi connectivity index (χ0) is 12.3. The number of nitrogens with zero attached hydrogens (tertiary/aromatic N) is 4. The lowest BCUT2D eigenvalue weighted by Crippen LogP contribution is -2.19. The van der Waals surface area contributed by atoms with Crippen LogP contribution in [0.25, 0.3) is 0 Å². The molecule has 0 aliphatic heterocycles. The maximum absolute atomic E-state index is 8.98. The third kappa shape index (κ3) is 2.75. The summed E-state index contributed by atoms with van der Waals surface area (Å²) in [5.74, 6) is 0. The smallest absolute Gasteiger partial charge is 0.162 e. The normalized spacial score (nSPS) is 10.2. The minimum Gasteiger partial charge on any atom is -0.364 e. The van der Waals surface area contributed by atoms with Gasteiger partial charge < -0.3 is 4.90 Å². The summed E-state index contributed by atoms with van der Waals surface area (Å²) in [5, 5.41) is 13.1. The topological polar surface area (TPSA) is 52.8 Å². The molecule has 0 saturated carbocycles. The number of thiazole rings is 1.